The maximum Gasteiger partial charge on any atom is 0.254 e. The summed E-state index contributed by atoms with van der Waals surface area (Å²) in [5, 5.41) is 8.54. The van der Waals surface area contributed by atoms with Gasteiger partial charge in [0.25, 0.3) is 5.91 Å². The first-order valence-electron chi connectivity index (χ1n) is 11.8. The molecule has 4 aromatic rings. The fraction of sp³-hybridized carbons (Fsp3) is 0.222. The number of hydrogen-bond donors (Lipinski definition) is 3. The highest BCUT2D eigenvalue weighted by Gasteiger charge is 2.14. The summed E-state index contributed by atoms with van der Waals surface area (Å²) in [5.74, 6) is 0.904. The number of nitrogens with two attached hydrogens (primary N) is 1. The first kappa shape index (κ1) is 22.6. The summed E-state index contributed by atoms with van der Waals surface area (Å²) in [6, 6.07) is 21.6. The zero-order chi connectivity index (χ0) is 24.0. The number of likely N-dealkylation sites (tertiary alicyclic amines) is 1. The Morgan fingerprint density at radius 3 is 2.54 bits per heavy atom. The van der Waals surface area contributed by atoms with Crippen LogP contribution < -0.4 is 21.1 Å². The molecule has 1 aromatic heterocycles. The minimum Gasteiger partial charge on any atom is -0.492 e. The topological polar surface area (TPSA) is 105 Å². The second-order valence-electron chi connectivity index (χ2n) is 8.52. The van der Waals surface area contributed by atoms with E-state index >= 15 is 0 Å². The van der Waals surface area contributed by atoms with Crippen LogP contribution >= 0.6 is 0 Å². The predicted molar refractivity (Wildman–Crippen MR) is 139 cm³/mol. The third kappa shape index (κ3) is 5.50. The molecular weight excluding hydrogens is 440 g/mol. The number of carbonyl (C=O) groups is 1. The maximum absolute atomic E-state index is 12.0. The third-order valence-corrected chi connectivity index (χ3v) is 6.08. The Morgan fingerprint density at radius 1 is 0.971 bits per heavy atom. The molecule has 5 rings (SSSR count). The van der Waals surface area contributed by atoms with Gasteiger partial charge in [-0.05, 0) is 61.6 Å². The molecule has 0 saturated carbocycles. The molecule has 1 aliphatic rings. The minimum absolute atomic E-state index is 0.213. The van der Waals surface area contributed by atoms with Crippen molar-refractivity contribution in [2.75, 3.05) is 36.9 Å². The second kappa shape index (κ2) is 10.4. The number of primary amides is 1. The molecule has 3 aromatic carbocycles. The molecule has 0 radical (unpaired) electrons. The first-order chi connectivity index (χ1) is 17.2. The number of benzene rings is 3. The lowest BCUT2D eigenvalue weighted by molar-refractivity contribution is 0.100. The molecule has 8 nitrogen and oxygen atoms in total. The minimum atomic E-state index is -0.602. The number of carbonyl (C=O) groups excluding carboxylic acids is 1. The van der Waals surface area contributed by atoms with E-state index in [2.05, 4.69) is 25.5 Å². The van der Waals surface area contributed by atoms with Crippen molar-refractivity contribution in [2.45, 2.75) is 12.8 Å². The van der Waals surface area contributed by atoms with Crippen molar-refractivity contribution in [3.8, 4) is 5.75 Å². The van der Waals surface area contributed by atoms with Crippen molar-refractivity contribution in [3.05, 3.63) is 78.5 Å². The molecule has 0 atom stereocenters. The molecule has 0 unspecified atom stereocenters. The largest absolute Gasteiger partial charge is 0.492 e. The summed E-state index contributed by atoms with van der Waals surface area (Å²) >= 11 is 0. The van der Waals surface area contributed by atoms with Crippen molar-refractivity contribution in [2.24, 2.45) is 5.73 Å². The molecule has 1 saturated heterocycles. The molecule has 4 N–H and O–H groups in total. The van der Waals surface area contributed by atoms with Crippen LogP contribution in [0.4, 0.5) is 23.1 Å². The molecule has 1 aliphatic heterocycles. The molecule has 0 aliphatic carbocycles. The van der Waals surface area contributed by atoms with Crippen LogP contribution in [0.25, 0.3) is 10.8 Å². The smallest absolute Gasteiger partial charge is 0.254 e. The monoisotopic (exact) mass is 468 g/mol. The van der Waals surface area contributed by atoms with Crippen LogP contribution in [-0.4, -0.2) is 47.0 Å². The van der Waals surface area contributed by atoms with Crippen molar-refractivity contribution in [1.82, 2.24) is 14.9 Å². The summed E-state index contributed by atoms with van der Waals surface area (Å²) in [6.45, 7) is 3.95. The predicted octanol–water partition coefficient (Wildman–Crippen LogP) is 4.69. The van der Waals surface area contributed by atoms with Gasteiger partial charge >= 0.3 is 0 Å². The zero-order valence-electron chi connectivity index (χ0n) is 19.4. The number of nitrogens with zero attached hydrogens (tertiary/aromatic N) is 3. The number of nitrogens with one attached hydrogen (secondary N) is 2. The molecule has 0 bridgehead atoms. The van der Waals surface area contributed by atoms with E-state index in [1.807, 2.05) is 66.7 Å². The van der Waals surface area contributed by atoms with Crippen LogP contribution in [0.15, 0.2) is 72.9 Å². The number of anilines is 4. The van der Waals surface area contributed by atoms with Crippen LogP contribution in [0.1, 0.15) is 23.2 Å². The van der Waals surface area contributed by atoms with E-state index in [0.29, 0.717) is 18.4 Å². The quantitative estimate of drug-likeness (QED) is 0.327. The van der Waals surface area contributed by atoms with E-state index in [-0.39, 0.29) is 5.56 Å². The average Bonchev–Trinajstić information content (AvgIpc) is 3.39. The van der Waals surface area contributed by atoms with E-state index in [4.69, 9.17) is 10.5 Å². The van der Waals surface area contributed by atoms with E-state index < -0.39 is 5.91 Å². The second-order valence-corrected chi connectivity index (χ2v) is 8.52. The molecule has 178 valence electrons. The summed E-state index contributed by atoms with van der Waals surface area (Å²) in [5.41, 5.74) is 7.43. The van der Waals surface area contributed by atoms with Crippen LogP contribution in [0.5, 0.6) is 5.75 Å². The number of hydrogen-bond acceptors (Lipinski definition) is 7. The number of ether oxygens (including phenoxy) is 1. The summed E-state index contributed by atoms with van der Waals surface area (Å²) < 4.78 is 5.87. The highest BCUT2D eigenvalue weighted by molar-refractivity contribution is 6.00. The average molecular weight is 469 g/mol. The molecule has 35 heavy (non-hydrogen) atoms. The van der Waals surface area contributed by atoms with Gasteiger partial charge in [0.05, 0.1) is 0 Å². The van der Waals surface area contributed by atoms with Gasteiger partial charge in [-0.15, -0.1) is 0 Å². The van der Waals surface area contributed by atoms with Crippen LogP contribution in [-0.2, 0) is 0 Å². The Hall–Kier alpha value is -4.17. The normalized spacial score (nSPS) is 13.6. The molecule has 2 heterocycles. The number of fused-ring (bicyclic) bond motifs is 1. The van der Waals surface area contributed by atoms with Gasteiger partial charge in [0.15, 0.2) is 0 Å². The molecule has 1 fully saturated rings. The van der Waals surface area contributed by atoms with Gasteiger partial charge in [-0.25, -0.2) is 4.98 Å². The highest BCUT2D eigenvalue weighted by Crippen LogP contribution is 2.28. The molecule has 1 amide bonds. The van der Waals surface area contributed by atoms with Gasteiger partial charge in [0.2, 0.25) is 5.95 Å². The summed E-state index contributed by atoms with van der Waals surface area (Å²) in [4.78, 5) is 23.3. The third-order valence-electron chi connectivity index (χ3n) is 6.08. The summed E-state index contributed by atoms with van der Waals surface area (Å²) in [6.07, 6.45) is 3.99. The molecular formula is C27H28N6O2. The van der Waals surface area contributed by atoms with Crippen molar-refractivity contribution < 1.29 is 9.53 Å². The maximum atomic E-state index is 12.0. The number of rotatable bonds is 9. The Labute approximate surface area is 204 Å². The lowest BCUT2D eigenvalue weighted by atomic mass is 10.1. The number of amides is 1. The molecule has 0 spiro atoms. The van der Waals surface area contributed by atoms with Crippen molar-refractivity contribution in [3.63, 3.8) is 0 Å². The van der Waals surface area contributed by atoms with Gasteiger partial charge in [-0.2, -0.15) is 4.98 Å². The van der Waals surface area contributed by atoms with E-state index in [0.717, 1.165) is 47.5 Å². The molecule has 8 heteroatoms. The van der Waals surface area contributed by atoms with Gasteiger partial charge in [0, 0.05) is 29.5 Å². The van der Waals surface area contributed by atoms with E-state index in [9.17, 15) is 4.79 Å². The van der Waals surface area contributed by atoms with Crippen molar-refractivity contribution >= 4 is 39.8 Å². The van der Waals surface area contributed by atoms with E-state index in [1.165, 1.54) is 19.0 Å². The van der Waals surface area contributed by atoms with Gasteiger partial charge < -0.3 is 21.1 Å². The zero-order valence-corrected chi connectivity index (χ0v) is 19.4. The van der Waals surface area contributed by atoms with Crippen molar-refractivity contribution in [1.29, 1.82) is 0 Å². The van der Waals surface area contributed by atoms with Gasteiger partial charge in [-0.1, -0.05) is 36.4 Å². The Bertz CT molecular complexity index is 1310. The van der Waals surface area contributed by atoms with E-state index in [1.54, 1.807) is 0 Å². The van der Waals surface area contributed by atoms with Gasteiger partial charge in [-0.3, -0.25) is 9.69 Å². The standard InChI is InChI=1S/C27H28N6O2/c28-25(34)23-18-29-27(32-26(23)31-24-9-5-7-19-6-1-2-8-22(19)24)30-20-10-12-21(13-11-20)35-17-16-33-14-3-4-15-33/h1-2,5-13,18H,3-4,14-17H2,(H2,28,34)(H2,29,30,31,32). The Balaban J connectivity index is 1.29. The highest BCUT2D eigenvalue weighted by atomic mass is 16.5. The fourth-order valence-electron chi connectivity index (χ4n) is 4.24. The Morgan fingerprint density at radius 2 is 1.74 bits per heavy atom. The fourth-order valence-corrected chi connectivity index (χ4v) is 4.24. The van der Waals surface area contributed by atoms with Crippen LogP contribution in [0, 0.1) is 0 Å². The lowest BCUT2D eigenvalue weighted by Gasteiger charge is -2.15. The summed E-state index contributed by atoms with van der Waals surface area (Å²) in [7, 11) is 0. The van der Waals surface area contributed by atoms with Crippen LogP contribution in [0.2, 0.25) is 0 Å². The van der Waals surface area contributed by atoms with Crippen LogP contribution in [0.3, 0.4) is 0 Å². The first-order valence-corrected chi connectivity index (χ1v) is 11.8. The van der Waals surface area contributed by atoms with Gasteiger partial charge in [0.1, 0.15) is 23.7 Å². The Kier molecular flexibility index (Phi) is 6.72. The lowest BCUT2D eigenvalue weighted by Crippen LogP contribution is -2.25. The SMILES string of the molecule is NC(=O)c1cnc(Nc2ccc(OCCN3CCCC3)cc2)nc1Nc1cccc2ccccc12. The number of aromatic nitrogens is 2.